The molecule has 2 aromatic rings. The normalized spacial score (nSPS) is 11.5. The van der Waals surface area contributed by atoms with E-state index in [0.29, 0.717) is 30.7 Å². The standard InChI is InChI=1S/C26H38N2OS/c1-18(2)22-16-23(19(3)4)26(24(17-22)20(5)6)30-28-15-14-27-25(29)13-12-21-10-8-7-9-11-21/h7-11,16-20,28H,12-15H2,1-6H3,(H,27,29). The van der Waals surface area contributed by atoms with Gasteiger partial charge in [-0.05, 0) is 58.4 Å². The lowest BCUT2D eigenvalue weighted by molar-refractivity contribution is -0.121. The molecule has 0 atom stereocenters. The number of hydrogen-bond acceptors (Lipinski definition) is 3. The van der Waals surface area contributed by atoms with Gasteiger partial charge in [-0.1, -0.05) is 84.0 Å². The summed E-state index contributed by atoms with van der Waals surface area (Å²) in [5.41, 5.74) is 5.44. The first kappa shape index (κ1) is 24.5. The minimum Gasteiger partial charge on any atom is -0.355 e. The molecule has 0 aliphatic rings. The van der Waals surface area contributed by atoms with Gasteiger partial charge in [-0.15, -0.1) is 0 Å². The lowest BCUT2D eigenvalue weighted by Crippen LogP contribution is -2.30. The Morgan fingerprint density at radius 1 is 0.867 bits per heavy atom. The third-order valence-corrected chi connectivity index (χ3v) is 6.31. The molecule has 2 N–H and O–H groups in total. The molecule has 3 nitrogen and oxygen atoms in total. The van der Waals surface area contributed by atoms with Gasteiger partial charge in [-0.25, -0.2) is 0 Å². The lowest BCUT2D eigenvalue weighted by atomic mass is 9.89. The molecule has 164 valence electrons. The third kappa shape index (κ3) is 7.48. The fraction of sp³-hybridized carbons (Fsp3) is 0.500. The highest BCUT2D eigenvalue weighted by atomic mass is 32.2. The first-order valence-electron chi connectivity index (χ1n) is 11.2. The Morgan fingerprint density at radius 2 is 1.47 bits per heavy atom. The Hall–Kier alpha value is -1.78. The van der Waals surface area contributed by atoms with Crippen molar-refractivity contribution in [2.24, 2.45) is 0 Å². The monoisotopic (exact) mass is 426 g/mol. The Morgan fingerprint density at radius 3 is 2.00 bits per heavy atom. The maximum absolute atomic E-state index is 12.1. The van der Waals surface area contributed by atoms with Gasteiger partial charge < -0.3 is 5.32 Å². The smallest absolute Gasteiger partial charge is 0.220 e. The largest absolute Gasteiger partial charge is 0.355 e. The minimum absolute atomic E-state index is 0.109. The third-order valence-electron chi connectivity index (χ3n) is 5.29. The lowest BCUT2D eigenvalue weighted by Gasteiger charge is -2.22. The van der Waals surface area contributed by atoms with Crippen molar-refractivity contribution >= 4 is 17.9 Å². The topological polar surface area (TPSA) is 41.1 Å². The number of aryl methyl sites for hydroxylation is 1. The predicted molar refractivity (Wildman–Crippen MR) is 130 cm³/mol. The first-order chi connectivity index (χ1) is 14.3. The van der Waals surface area contributed by atoms with Gasteiger partial charge in [0.1, 0.15) is 0 Å². The van der Waals surface area contributed by atoms with Gasteiger partial charge in [-0.3, -0.25) is 9.52 Å². The number of carbonyl (C=O) groups is 1. The van der Waals surface area contributed by atoms with Gasteiger partial charge in [0.15, 0.2) is 0 Å². The van der Waals surface area contributed by atoms with E-state index in [1.54, 1.807) is 11.9 Å². The molecule has 2 rings (SSSR count). The van der Waals surface area contributed by atoms with Gasteiger partial charge in [0, 0.05) is 24.4 Å². The van der Waals surface area contributed by atoms with Crippen LogP contribution in [0, 0.1) is 0 Å². The van der Waals surface area contributed by atoms with Crippen LogP contribution in [-0.4, -0.2) is 19.0 Å². The summed E-state index contributed by atoms with van der Waals surface area (Å²) in [6.07, 6.45) is 1.31. The molecule has 0 fully saturated rings. The average Bonchev–Trinajstić information content (AvgIpc) is 2.72. The maximum atomic E-state index is 12.1. The van der Waals surface area contributed by atoms with E-state index in [0.717, 1.165) is 13.0 Å². The van der Waals surface area contributed by atoms with Gasteiger partial charge in [-0.2, -0.15) is 0 Å². The van der Waals surface area contributed by atoms with Gasteiger partial charge in [0.2, 0.25) is 5.91 Å². The van der Waals surface area contributed by atoms with E-state index < -0.39 is 0 Å². The van der Waals surface area contributed by atoms with E-state index in [1.165, 1.54) is 27.1 Å². The van der Waals surface area contributed by atoms with Crippen molar-refractivity contribution in [2.75, 3.05) is 13.1 Å². The number of rotatable bonds is 11. The van der Waals surface area contributed by atoms with Crippen molar-refractivity contribution < 1.29 is 4.79 Å². The van der Waals surface area contributed by atoms with Crippen molar-refractivity contribution in [3.63, 3.8) is 0 Å². The number of nitrogens with one attached hydrogen (secondary N) is 2. The van der Waals surface area contributed by atoms with Crippen LogP contribution in [0.4, 0.5) is 0 Å². The quantitative estimate of drug-likeness (QED) is 0.322. The van der Waals surface area contributed by atoms with Gasteiger partial charge in [0.05, 0.1) is 0 Å². The van der Waals surface area contributed by atoms with Crippen LogP contribution in [0.2, 0.25) is 0 Å². The molecule has 0 bridgehead atoms. The SMILES string of the molecule is CC(C)c1cc(C(C)C)c(SNCCNC(=O)CCc2ccccc2)c(C(C)C)c1. The van der Waals surface area contributed by atoms with Crippen LogP contribution in [-0.2, 0) is 11.2 Å². The maximum Gasteiger partial charge on any atom is 0.220 e. The molecule has 4 heteroatoms. The molecule has 0 aromatic heterocycles. The van der Waals surface area contributed by atoms with Crippen LogP contribution in [0.1, 0.15) is 88.0 Å². The fourth-order valence-electron chi connectivity index (χ4n) is 3.37. The molecule has 0 saturated heterocycles. The van der Waals surface area contributed by atoms with Crippen molar-refractivity contribution in [1.82, 2.24) is 10.0 Å². The Kier molecular flexibility index (Phi) is 9.93. The van der Waals surface area contributed by atoms with Gasteiger partial charge >= 0.3 is 0 Å². The van der Waals surface area contributed by atoms with Crippen LogP contribution < -0.4 is 10.0 Å². The van der Waals surface area contributed by atoms with Crippen LogP contribution >= 0.6 is 11.9 Å². The summed E-state index contributed by atoms with van der Waals surface area (Å²) in [6.45, 7) is 15.0. The van der Waals surface area contributed by atoms with Crippen molar-refractivity contribution in [3.8, 4) is 0 Å². The molecule has 0 aliphatic heterocycles. The molecule has 0 spiro atoms. The number of benzene rings is 2. The zero-order valence-corrected chi connectivity index (χ0v) is 20.2. The number of hydrogen-bond donors (Lipinski definition) is 2. The van der Waals surface area contributed by atoms with E-state index in [-0.39, 0.29) is 5.91 Å². The molecule has 2 aromatic carbocycles. The van der Waals surface area contributed by atoms with Crippen LogP contribution in [0.5, 0.6) is 0 Å². The van der Waals surface area contributed by atoms with E-state index in [2.05, 4.69) is 75.8 Å². The second-order valence-electron chi connectivity index (χ2n) is 8.82. The molecule has 30 heavy (non-hydrogen) atoms. The summed E-state index contributed by atoms with van der Waals surface area (Å²) in [6, 6.07) is 14.9. The Labute approximate surface area is 187 Å². The van der Waals surface area contributed by atoms with E-state index >= 15 is 0 Å². The highest BCUT2D eigenvalue weighted by Gasteiger charge is 2.17. The molecular weight excluding hydrogens is 388 g/mol. The molecule has 0 unspecified atom stereocenters. The predicted octanol–water partition coefficient (Wildman–Crippen LogP) is 6.40. The summed E-state index contributed by atoms with van der Waals surface area (Å²) in [5.74, 6) is 1.59. The van der Waals surface area contributed by atoms with Crippen LogP contribution in [0.15, 0.2) is 47.4 Å². The number of amides is 1. The zero-order chi connectivity index (χ0) is 22.1. The average molecular weight is 427 g/mol. The van der Waals surface area contributed by atoms with Crippen LogP contribution in [0.3, 0.4) is 0 Å². The molecule has 0 saturated carbocycles. The van der Waals surface area contributed by atoms with Crippen molar-refractivity contribution in [3.05, 3.63) is 64.7 Å². The molecule has 0 heterocycles. The summed E-state index contributed by atoms with van der Waals surface area (Å²) in [4.78, 5) is 13.4. The summed E-state index contributed by atoms with van der Waals surface area (Å²) in [7, 11) is 0. The molecular formula is C26H38N2OS. The highest BCUT2D eigenvalue weighted by molar-refractivity contribution is 7.97. The van der Waals surface area contributed by atoms with E-state index in [9.17, 15) is 4.79 Å². The van der Waals surface area contributed by atoms with E-state index in [1.807, 2.05) is 18.2 Å². The summed E-state index contributed by atoms with van der Waals surface area (Å²) < 4.78 is 3.47. The summed E-state index contributed by atoms with van der Waals surface area (Å²) in [5, 5.41) is 3.02. The first-order valence-corrected chi connectivity index (χ1v) is 12.0. The van der Waals surface area contributed by atoms with Crippen LogP contribution in [0.25, 0.3) is 0 Å². The molecule has 0 aliphatic carbocycles. The zero-order valence-electron chi connectivity index (χ0n) is 19.4. The fourth-order valence-corrected chi connectivity index (χ4v) is 4.55. The Balaban J connectivity index is 1.88. The van der Waals surface area contributed by atoms with Crippen molar-refractivity contribution in [2.45, 2.75) is 77.0 Å². The Bertz CT molecular complexity index is 771. The minimum atomic E-state index is 0.109. The molecule has 1 amide bonds. The number of carbonyl (C=O) groups excluding carboxylic acids is 1. The highest BCUT2D eigenvalue weighted by Crippen LogP contribution is 2.37. The van der Waals surface area contributed by atoms with Crippen molar-refractivity contribution in [1.29, 1.82) is 0 Å². The molecule has 0 radical (unpaired) electrons. The second-order valence-corrected chi connectivity index (χ2v) is 9.73. The second kappa shape index (κ2) is 12.2. The van der Waals surface area contributed by atoms with E-state index in [4.69, 9.17) is 0 Å². The van der Waals surface area contributed by atoms with Gasteiger partial charge in [0.25, 0.3) is 0 Å². The summed E-state index contributed by atoms with van der Waals surface area (Å²) >= 11 is 1.71.